The number of hydrogen-bond acceptors (Lipinski definition) is 3. The van der Waals surface area contributed by atoms with E-state index in [0.29, 0.717) is 6.04 Å². The largest absolute Gasteiger partial charge is 0.383 e. The van der Waals surface area contributed by atoms with Crippen molar-refractivity contribution in [1.82, 2.24) is 10.2 Å². The molecule has 100 valence electrons. The molecule has 1 saturated heterocycles. The van der Waals surface area contributed by atoms with Crippen LogP contribution in [-0.2, 0) is 4.74 Å². The van der Waals surface area contributed by atoms with Gasteiger partial charge in [0.15, 0.2) is 0 Å². The lowest BCUT2D eigenvalue weighted by molar-refractivity contribution is 0.104. The van der Waals surface area contributed by atoms with Crippen molar-refractivity contribution in [3.63, 3.8) is 0 Å². The average molecular weight is 240 g/mol. The molecular weight excluding hydrogens is 212 g/mol. The van der Waals surface area contributed by atoms with Crippen molar-refractivity contribution in [2.24, 2.45) is 5.92 Å². The second-order valence-electron chi connectivity index (χ2n) is 5.71. The van der Waals surface area contributed by atoms with Crippen LogP contribution in [0, 0.1) is 5.92 Å². The maximum absolute atomic E-state index is 5.25. The first kappa shape index (κ1) is 13.3. The SMILES string of the molecule is COCCN(CC1CCCCN1)C(C)C1CC1. The van der Waals surface area contributed by atoms with Crippen molar-refractivity contribution in [2.45, 2.75) is 51.1 Å². The zero-order chi connectivity index (χ0) is 12.1. The van der Waals surface area contributed by atoms with E-state index in [1.54, 1.807) is 7.11 Å². The summed E-state index contributed by atoms with van der Waals surface area (Å²) in [7, 11) is 1.80. The van der Waals surface area contributed by atoms with Crippen LogP contribution in [0.2, 0.25) is 0 Å². The molecule has 0 bridgehead atoms. The quantitative estimate of drug-likeness (QED) is 0.735. The summed E-state index contributed by atoms with van der Waals surface area (Å²) in [5.41, 5.74) is 0. The van der Waals surface area contributed by atoms with Gasteiger partial charge in [0.05, 0.1) is 6.61 Å². The molecule has 0 aromatic rings. The predicted molar refractivity (Wildman–Crippen MR) is 71.3 cm³/mol. The van der Waals surface area contributed by atoms with Gasteiger partial charge in [-0.1, -0.05) is 6.42 Å². The molecule has 1 aliphatic carbocycles. The fourth-order valence-electron chi connectivity index (χ4n) is 2.91. The maximum atomic E-state index is 5.25. The number of rotatable bonds is 7. The molecule has 0 aromatic heterocycles. The van der Waals surface area contributed by atoms with Crippen molar-refractivity contribution < 1.29 is 4.74 Å². The van der Waals surface area contributed by atoms with Crippen LogP contribution in [-0.4, -0.2) is 50.3 Å². The Bertz CT molecular complexity index is 212. The zero-order valence-electron chi connectivity index (χ0n) is 11.5. The van der Waals surface area contributed by atoms with Crippen molar-refractivity contribution in [3.8, 4) is 0 Å². The van der Waals surface area contributed by atoms with Crippen molar-refractivity contribution in [3.05, 3.63) is 0 Å². The standard InChI is InChI=1S/C14H28N2O/c1-12(13-6-7-13)16(9-10-17-2)11-14-5-3-4-8-15-14/h12-15H,3-11H2,1-2H3. The van der Waals surface area contributed by atoms with Gasteiger partial charge in [-0.25, -0.2) is 0 Å². The van der Waals surface area contributed by atoms with Crippen LogP contribution in [0.4, 0.5) is 0 Å². The number of nitrogens with one attached hydrogen (secondary N) is 1. The van der Waals surface area contributed by atoms with Crippen molar-refractivity contribution >= 4 is 0 Å². The van der Waals surface area contributed by atoms with Gasteiger partial charge in [-0.15, -0.1) is 0 Å². The van der Waals surface area contributed by atoms with Crippen LogP contribution in [0.3, 0.4) is 0 Å². The van der Waals surface area contributed by atoms with E-state index in [-0.39, 0.29) is 0 Å². The first-order chi connectivity index (χ1) is 8.31. The average Bonchev–Trinajstić information content (AvgIpc) is 3.19. The van der Waals surface area contributed by atoms with Gasteiger partial charge in [-0.2, -0.15) is 0 Å². The molecule has 2 atom stereocenters. The van der Waals surface area contributed by atoms with Gasteiger partial charge >= 0.3 is 0 Å². The highest BCUT2D eigenvalue weighted by Crippen LogP contribution is 2.35. The molecule has 3 heteroatoms. The molecule has 3 nitrogen and oxygen atoms in total. The second kappa shape index (κ2) is 6.72. The fourth-order valence-corrected chi connectivity index (χ4v) is 2.91. The molecular formula is C14H28N2O. The minimum Gasteiger partial charge on any atom is -0.383 e. The molecule has 0 aromatic carbocycles. The number of methoxy groups -OCH3 is 1. The van der Waals surface area contributed by atoms with E-state index in [1.807, 2.05) is 0 Å². The van der Waals surface area contributed by atoms with Gasteiger partial charge in [0, 0.05) is 32.3 Å². The van der Waals surface area contributed by atoms with E-state index in [4.69, 9.17) is 4.74 Å². The Morgan fingerprint density at radius 2 is 2.12 bits per heavy atom. The van der Waals surface area contributed by atoms with Crippen LogP contribution < -0.4 is 5.32 Å². The van der Waals surface area contributed by atoms with Crippen LogP contribution in [0.25, 0.3) is 0 Å². The molecule has 0 amide bonds. The Morgan fingerprint density at radius 1 is 1.29 bits per heavy atom. The Morgan fingerprint density at radius 3 is 2.71 bits per heavy atom. The fraction of sp³-hybridized carbons (Fsp3) is 1.00. The lowest BCUT2D eigenvalue weighted by Gasteiger charge is -2.34. The summed E-state index contributed by atoms with van der Waals surface area (Å²) < 4.78 is 5.25. The summed E-state index contributed by atoms with van der Waals surface area (Å²) in [6.07, 6.45) is 6.96. The molecule has 1 aliphatic heterocycles. The molecule has 2 fully saturated rings. The molecule has 1 saturated carbocycles. The molecule has 0 radical (unpaired) electrons. The Hall–Kier alpha value is -0.120. The monoisotopic (exact) mass is 240 g/mol. The van der Waals surface area contributed by atoms with Gasteiger partial charge in [-0.05, 0) is 45.1 Å². The van der Waals surface area contributed by atoms with E-state index in [0.717, 1.165) is 25.1 Å². The summed E-state index contributed by atoms with van der Waals surface area (Å²) in [5, 5.41) is 3.66. The van der Waals surface area contributed by atoms with Crippen molar-refractivity contribution in [1.29, 1.82) is 0 Å². The minimum atomic E-state index is 0.710. The number of nitrogens with zero attached hydrogens (tertiary/aromatic N) is 1. The lowest BCUT2D eigenvalue weighted by atomic mass is 10.0. The second-order valence-corrected chi connectivity index (χ2v) is 5.71. The molecule has 2 aliphatic rings. The summed E-state index contributed by atoms with van der Waals surface area (Å²) in [4.78, 5) is 2.64. The van der Waals surface area contributed by atoms with Gasteiger partial charge in [0.1, 0.15) is 0 Å². The molecule has 1 heterocycles. The summed E-state index contributed by atoms with van der Waals surface area (Å²) in [5.74, 6) is 0.954. The van der Waals surface area contributed by atoms with Gasteiger partial charge in [-0.3, -0.25) is 4.90 Å². The summed E-state index contributed by atoms with van der Waals surface area (Å²) in [6, 6.07) is 1.45. The third kappa shape index (κ3) is 4.23. The molecule has 0 spiro atoms. The number of ether oxygens (including phenoxy) is 1. The lowest BCUT2D eigenvalue weighted by Crippen LogP contribution is -2.48. The zero-order valence-corrected chi connectivity index (χ0v) is 11.5. The van der Waals surface area contributed by atoms with Gasteiger partial charge in [0.25, 0.3) is 0 Å². The molecule has 17 heavy (non-hydrogen) atoms. The van der Waals surface area contributed by atoms with E-state index in [1.165, 1.54) is 45.2 Å². The summed E-state index contributed by atoms with van der Waals surface area (Å²) in [6.45, 7) is 6.77. The first-order valence-electron chi connectivity index (χ1n) is 7.27. The van der Waals surface area contributed by atoms with Crippen molar-refractivity contribution in [2.75, 3.05) is 33.4 Å². The summed E-state index contributed by atoms with van der Waals surface area (Å²) >= 11 is 0. The highest BCUT2D eigenvalue weighted by atomic mass is 16.5. The number of piperidine rings is 1. The highest BCUT2D eigenvalue weighted by molar-refractivity contribution is 4.87. The first-order valence-corrected chi connectivity index (χ1v) is 7.27. The minimum absolute atomic E-state index is 0.710. The Kier molecular flexibility index (Phi) is 5.26. The third-order valence-corrected chi connectivity index (χ3v) is 4.33. The van der Waals surface area contributed by atoms with Gasteiger partial charge in [0.2, 0.25) is 0 Å². The molecule has 2 rings (SSSR count). The number of hydrogen-bond donors (Lipinski definition) is 1. The topological polar surface area (TPSA) is 24.5 Å². The van der Waals surface area contributed by atoms with Crippen LogP contribution in [0.5, 0.6) is 0 Å². The van der Waals surface area contributed by atoms with E-state index in [9.17, 15) is 0 Å². The maximum Gasteiger partial charge on any atom is 0.0589 e. The predicted octanol–water partition coefficient (Wildman–Crippen LogP) is 1.88. The van der Waals surface area contributed by atoms with E-state index >= 15 is 0 Å². The smallest absolute Gasteiger partial charge is 0.0589 e. The normalized spacial score (nSPS) is 27.4. The van der Waals surface area contributed by atoms with Crippen LogP contribution in [0.1, 0.15) is 39.0 Å². The van der Waals surface area contributed by atoms with E-state index < -0.39 is 0 Å². The van der Waals surface area contributed by atoms with Crippen LogP contribution >= 0.6 is 0 Å². The third-order valence-electron chi connectivity index (χ3n) is 4.33. The highest BCUT2D eigenvalue weighted by Gasteiger charge is 2.32. The van der Waals surface area contributed by atoms with Gasteiger partial charge < -0.3 is 10.1 Å². The molecule has 1 N–H and O–H groups in total. The Balaban J connectivity index is 1.80. The Labute approximate surface area is 106 Å². The molecule has 2 unspecified atom stereocenters. The van der Waals surface area contributed by atoms with E-state index in [2.05, 4.69) is 17.1 Å². The van der Waals surface area contributed by atoms with Crippen LogP contribution in [0.15, 0.2) is 0 Å².